The Morgan fingerprint density at radius 3 is 2.47 bits per heavy atom. The predicted molar refractivity (Wildman–Crippen MR) is 113 cm³/mol. The molecule has 1 heterocycles. The molecule has 0 unspecified atom stereocenters. The number of para-hydroxylation sites is 1. The van der Waals surface area contributed by atoms with Crippen LogP contribution in [0.3, 0.4) is 0 Å². The first kappa shape index (κ1) is 22.2. The van der Waals surface area contributed by atoms with Gasteiger partial charge in [-0.05, 0) is 30.7 Å². The molecule has 9 nitrogen and oxygen atoms in total. The molecule has 0 spiro atoms. The number of nitrogens with zero attached hydrogens (tertiary/aromatic N) is 3. The number of sulfonamides is 1. The van der Waals surface area contributed by atoms with E-state index in [-0.39, 0.29) is 30.4 Å². The van der Waals surface area contributed by atoms with Gasteiger partial charge < -0.3 is 5.32 Å². The summed E-state index contributed by atoms with van der Waals surface area (Å²) in [5.41, 5.74) is 1.05. The van der Waals surface area contributed by atoms with Gasteiger partial charge in [-0.15, -0.1) is 0 Å². The van der Waals surface area contributed by atoms with Gasteiger partial charge in [0.2, 0.25) is 15.9 Å². The lowest BCUT2D eigenvalue weighted by Gasteiger charge is -2.33. The third-order valence-corrected chi connectivity index (χ3v) is 7.19. The first-order valence-electron chi connectivity index (χ1n) is 9.20. The average Bonchev–Trinajstić information content (AvgIpc) is 2.71. The van der Waals surface area contributed by atoms with Gasteiger partial charge in [0.25, 0.3) is 5.69 Å². The Balaban J connectivity index is 1.60. The third kappa shape index (κ3) is 4.96. The van der Waals surface area contributed by atoms with E-state index >= 15 is 0 Å². The van der Waals surface area contributed by atoms with E-state index in [0.717, 1.165) is 5.56 Å². The van der Waals surface area contributed by atoms with Crippen LogP contribution in [0.1, 0.15) is 5.56 Å². The lowest BCUT2D eigenvalue weighted by Crippen LogP contribution is -2.50. The largest absolute Gasteiger partial charge is 0.325 e. The van der Waals surface area contributed by atoms with Gasteiger partial charge in [-0.3, -0.25) is 19.8 Å². The zero-order valence-electron chi connectivity index (χ0n) is 16.2. The number of piperazine rings is 1. The molecule has 160 valence electrons. The van der Waals surface area contributed by atoms with Gasteiger partial charge in [-0.2, -0.15) is 4.31 Å². The molecule has 1 amide bonds. The number of anilines is 1. The van der Waals surface area contributed by atoms with Gasteiger partial charge >= 0.3 is 0 Å². The summed E-state index contributed by atoms with van der Waals surface area (Å²) >= 11 is 6.06. The van der Waals surface area contributed by atoms with Crippen molar-refractivity contribution < 1.29 is 18.1 Å². The predicted octanol–water partition coefficient (Wildman–Crippen LogP) is 2.50. The number of halogens is 1. The van der Waals surface area contributed by atoms with Crippen LogP contribution in [0.5, 0.6) is 0 Å². The molecule has 1 N–H and O–H groups in total. The van der Waals surface area contributed by atoms with E-state index in [9.17, 15) is 23.3 Å². The van der Waals surface area contributed by atoms with E-state index in [0.29, 0.717) is 23.8 Å². The number of nitrogens with one attached hydrogen (secondary N) is 1. The second-order valence-electron chi connectivity index (χ2n) is 6.92. The van der Waals surface area contributed by atoms with Crippen LogP contribution in [0.4, 0.5) is 11.4 Å². The van der Waals surface area contributed by atoms with Gasteiger partial charge in [-0.25, -0.2) is 8.42 Å². The summed E-state index contributed by atoms with van der Waals surface area (Å²) in [5.74, 6) is -0.232. The smallest absolute Gasteiger partial charge is 0.289 e. The van der Waals surface area contributed by atoms with Crippen LogP contribution in [-0.4, -0.2) is 61.2 Å². The number of rotatable bonds is 6. The molecule has 1 saturated heterocycles. The minimum atomic E-state index is -4.00. The minimum absolute atomic E-state index is 0.102. The van der Waals surface area contributed by atoms with Crippen LogP contribution in [0.15, 0.2) is 47.4 Å². The Labute approximate surface area is 179 Å². The summed E-state index contributed by atoms with van der Waals surface area (Å²) in [7, 11) is -4.00. The van der Waals surface area contributed by atoms with Crippen molar-refractivity contribution in [3.05, 3.63) is 63.2 Å². The van der Waals surface area contributed by atoms with Gasteiger partial charge in [0.1, 0.15) is 0 Å². The zero-order valence-corrected chi connectivity index (χ0v) is 17.8. The van der Waals surface area contributed by atoms with Crippen molar-refractivity contribution in [3.8, 4) is 0 Å². The molecular formula is C19H21ClN4O5S. The van der Waals surface area contributed by atoms with Gasteiger partial charge in [0.05, 0.1) is 11.5 Å². The van der Waals surface area contributed by atoms with E-state index < -0.39 is 20.6 Å². The van der Waals surface area contributed by atoms with E-state index in [4.69, 9.17) is 11.6 Å². The molecule has 1 aliphatic rings. The Bertz CT molecular complexity index is 1070. The molecule has 0 aliphatic carbocycles. The molecule has 0 saturated carbocycles. The van der Waals surface area contributed by atoms with Crippen molar-refractivity contribution in [2.45, 2.75) is 11.8 Å². The molecule has 0 atom stereocenters. The molecule has 11 heteroatoms. The summed E-state index contributed by atoms with van der Waals surface area (Å²) in [6, 6.07) is 10.5. The second kappa shape index (κ2) is 9.09. The van der Waals surface area contributed by atoms with Crippen molar-refractivity contribution in [3.63, 3.8) is 0 Å². The standard InChI is InChI=1S/C19H21ClN4O5S/c1-14-6-7-15(12-16(14)20)21-19(25)13-22-8-10-23(11-9-22)30(28,29)18-5-3-2-4-17(18)24(26)27/h2-7,12H,8-11,13H2,1H3,(H,21,25). The van der Waals surface area contributed by atoms with Crippen molar-refractivity contribution >= 4 is 38.9 Å². The van der Waals surface area contributed by atoms with Crippen LogP contribution in [0, 0.1) is 17.0 Å². The molecule has 0 aromatic heterocycles. The Morgan fingerprint density at radius 1 is 1.17 bits per heavy atom. The van der Waals surface area contributed by atoms with E-state index in [1.807, 2.05) is 17.9 Å². The maximum atomic E-state index is 12.9. The molecule has 0 radical (unpaired) electrons. The van der Waals surface area contributed by atoms with Crippen molar-refractivity contribution in [1.82, 2.24) is 9.21 Å². The highest BCUT2D eigenvalue weighted by molar-refractivity contribution is 7.89. The van der Waals surface area contributed by atoms with Gasteiger partial charge in [-0.1, -0.05) is 29.8 Å². The number of nitro benzene ring substituents is 1. The summed E-state index contributed by atoms with van der Waals surface area (Å²) in [4.78, 5) is 24.3. The summed E-state index contributed by atoms with van der Waals surface area (Å²) in [5, 5.41) is 14.5. The third-order valence-electron chi connectivity index (χ3n) is 4.83. The number of carbonyl (C=O) groups excluding carboxylic acids is 1. The minimum Gasteiger partial charge on any atom is -0.325 e. The number of hydrogen-bond acceptors (Lipinski definition) is 6. The lowest BCUT2D eigenvalue weighted by molar-refractivity contribution is -0.387. The molecule has 2 aromatic carbocycles. The maximum Gasteiger partial charge on any atom is 0.289 e. The average molecular weight is 453 g/mol. The normalized spacial score (nSPS) is 15.7. The fourth-order valence-corrected chi connectivity index (χ4v) is 4.93. The topological polar surface area (TPSA) is 113 Å². The van der Waals surface area contributed by atoms with E-state index in [2.05, 4.69) is 5.32 Å². The summed E-state index contributed by atoms with van der Waals surface area (Å²) in [6.45, 7) is 2.91. The van der Waals surface area contributed by atoms with Crippen molar-refractivity contribution in [2.24, 2.45) is 0 Å². The number of nitro groups is 1. The Morgan fingerprint density at radius 2 is 1.83 bits per heavy atom. The number of benzene rings is 2. The van der Waals surface area contributed by atoms with E-state index in [1.54, 1.807) is 12.1 Å². The molecule has 1 fully saturated rings. The summed E-state index contributed by atoms with van der Waals surface area (Å²) in [6.07, 6.45) is 0. The molecule has 1 aliphatic heterocycles. The fourth-order valence-electron chi connectivity index (χ4n) is 3.17. The van der Waals surface area contributed by atoms with Gasteiger partial charge in [0, 0.05) is 43.0 Å². The van der Waals surface area contributed by atoms with Crippen molar-refractivity contribution in [2.75, 3.05) is 38.0 Å². The van der Waals surface area contributed by atoms with Crippen LogP contribution < -0.4 is 5.32 Å². The van der Waals surface area contributed by atoms with Crippen molar-refractivity contribution in [1.29, 1.82) is 0 Å². The van der Waals surface area contributed by atoms with Crippen LogP contribution in [-0.2, 0) is 14.8 Å². The lowest BCUT2D eigenvalue weighted by atomic mass is 10.2. The molecule has 0 bridgehead atoms. The quantitative estimate of drug-likeness (QED) is 0.532. The molecular weight excluding hydrogens is 432 g/mol. The number of amides is 1. The number of hydrogen-bond donors (Lipinski definition) is 1. The fraction of sp³-hybridized carbons (Fsp3) is 0.316. The van der Waals surface area contributed by atoms with Crippen LogP contribution in [0.25, 0.3) is 0 Å². The Hall–Kier alpha value is -2.53. The highest BCUT2D eigenvalue weighted by Gasteiger charge is 2.33. The summed E-state index contributed by atoms with van der Waals surface area (Å²) < 4.78 is 26.9. The van der Waals surface area contributed by atoms with E-state index in [1.165, 1.54) is 28.6 Å². The van der Waals surface area contributed by atoms with Crippen LogP contribution >= 0.6 is 11.6 Å². The zero-order chi connectivity index (χ0) is 21.9. The highest BCUT2D eigenvalue weighted by Crippen LogP contribution is 2.27. The number of carbonyl (C=O) groups is 1. The highest BCUT2D eigenvalue weighted by atomic mass is 35.5. The first-order valence-corrected chi connectivity index (χ1v) is 11.0. The number of aryl methyl sites for hydroxylation is 1. The molecule has 2 aromatic rings. The maximum absolute atomic E-state index is 12.9. The molecule has 30 heavy (non-hydrogen) atoms. The SMILES string of the molecule is Cc1ccc(NC(=O)CN2CCN(S(=O)(=O)c3ccccc3[N+](=O)[O-])CC2)cc1Cl. The van der Waals surface area contributed by atoms with Gasteiger partial charge in [0.15, 0.2) is 4.90 Å². The monoisotopic (exact) mass is 452 g/mol. The first-order chi connectivity index (χ1) is 14.2. The van der Waals surface area contributed by atoms with Crippen LogP contribution in [0.2, 0.25) is 5.02 Å². The molecule has 3 rings (SSSR count). The second-order valence-corrected chi connectivity index (χ2v) is 9.23. The Kier molecular flexibility index (Phi) is 6.71.